The van der Waals surface area contributed by atoms with E-state index in [0.717, 1.165) is 42.6 Å². The number of hydrogen-bond donors (Lipinski definition) is 1. The molecule has 1 fully saturated rings. The van der Waals surface area contributed by atoms with Gasteiger partial charge in [0.15, 0.2) is 9.84 Å². The molecule has 1 aromatic carbocycles. The molecule has 0 aromatic heterocycles. The molecule has 184 valence electrons. The molecule has 1 heterocycles. The average molecular weight is 476 g/mol. The summed E-state index contributed by atoms with van der Waals surface area (Å²) < 4.78 is 33.0. The molecule has 0 saturated carbocycles. The summed E-state index contributed by atoms with van der Waals surface area (Å²) in [4.78, 5) is 2.53. The molecular weight excluding hydrogens is 434 g/mol. The van der Waals surface area contributed by atoms with E-state index in [4.69, 9.17) is 4.74 Å². The number of fused-ring (bicyclic) bond motifs is 1. The Balaban J connectivity index is 2.23. The molecule has 1 aliphatic heterocycles. The fraction of sp³-hybridized carbons (Fsp3) is 0.630. The zero-order valence-electron chi connectivity index (χ0n) is 20.9. The van der Waals surface area contributed by atoms with Gasteiger partial charge in [-0.05, 0) is 56.6 Å². The van der Waals surface area contributed by atoms with E-state index in [1.54, 1.807) is 7.11 Å². The Morgan fingerprint density at radius 1 is 1.09 bits per heavy atom. The van der Waals surface area contributed by atoms with Crippen molar-refractivity contribution in [1.29, 1.82) is 0 Å². The molecule has 5 nitrogen and oxygen atoms in total. The van der Waals surface area contributed by atoms with Gasteiger partial charge in [0.1, 0.15) is 5.75 Å². The zero-order chi connectivity index (χ0) is 24.2. The van der Waals surface area contributed by atoms with Crippen LogP contribution in [0.2, 0.25) is 0 Å². The smallest absolute Gasteiger partial charge is 0.178 e. The Hall–Kier alpha value is -1.63. The minimum atomic E-state index is -3.53. The number of nitrogens with zero attached hydrogens (tertiary/aromatic N) is 1. The largest absolute Gasteiger partial charge is 0.497 e. The Labute approximate surface area is 200 Å². The van der Waals surface area contributed by atoms with Gasteiger partial charge in [-0.3, -0.25) is 0 Å². The summed E-state index contributed by atoms with van der Waals surface area (Å²) in [5, 5.41) is 12.1. The Morgan fingerprint density at radius 3 is 2.21 bits per heavy atom. The molecule has 6 heteroatoms. The highest BCUT2D eigenvalue weighted by molar-refractivity contribution is 7.95. The lowest BCUT2D eigenvalue weighted by Gasteiger charge is -2.40. The van der Waals surface area contributed by atoms with Gasteiger partial charge in [0, 0.05) is 17.4 Å². The van der Waals surface area contributed by atoms with Crippen LogP contribution in [0.3, 0.4) is 0 Å². The fourth-order valence-electron chi connectivity index (χ4n) is 5.49. The number of aliphatic hydroxyl groups excluding tert-OH is 1. The van der Waals surface area contributed by atoms with Gasteiger partial charge in [0.25, 0.3) is 0 Å². The number of hydrogen-bond acceptors (Lipinski definition) is 5. The highest BCUT2D eigenvalue weighted by Crippen LogP contribution is 2.51. The Morgan fingerprint density at radius 2 is 1.70 bits per heavy atom. The fourth-order valence-corrected chi connectivity index (χ4v) is 7.76. The number of benzene rings is 1. The van der Waals surface area contributed by atoms with Crippen LogP contribution in [0.15, 0.2) is 46.9 Å². The zero-order valence-corrected chi connectivity index (χ0v) is 21.7. The third-order valence-electron chi connectivity index (χ3n) is 7.49. The maximum atomic E-state index is 13.8. The second-order valence-electron chi connectivity index (χ2n) is 9.98. The van der Waals surface area contributed by atoms with Gasteiger partial charge in [-0.2, -0.15) is 0 Å². The number of ether oxygens (including phenoxy) is 1. The number of rotatable bonds is 9. The molecule has 0 radical (unpaired) electrons. The first kappa shape index (κ1) is 26.0. The summed E-state index contributed by atoms with van der Waals surface area (Å²) in [7, 11) is 2.12. The van der Waals surface area contributed by atoms with Gasteiger partial charge < -0.3 is 14.7 Å². The average Bonchev–Trinajstić information content (AvgIpc) is 2.87. The van der Waals surface area contributed by atoms with Crippen molar-refractivity contribution in [3.8, 4) is 5.75 Å². The van der Waals surface area contributed by atoms with Gasteiger partial charge in [-0.15, -0.1) is 0 Å². The molecule has 1 N–H and O–H groups in total. The van der Waals surface area contributed by atoms with Gasteiger partial charge in [0.05, 0.1) is 23.9 Å². The predicted molar refractivity (Wildman–Crippen MR) is 135 cm³/mol. The molecule has 1 saturated heterocycles. The van der Waals surface area contributed by atoms with Crippen LogP contribution in [0, 0.1) is 5.41 Å². The number of methoxy groups -OCH3 is 1. The van der Waals surface area contributed by atoms with E-state index in [1.165, 1.54) is 0 Å². The molecule has 33 heavy (non-hydrogen) atoms. The summed E-state index contributed by atoms with van der Waals surface area (Å²) >= 11 is 0. The normalized spacial score (nSPS) is 26.2. The highest BCUT2D eigenvalue weighted by atomic mass is 32.2. The topological polar surface area (TPSA) is 66.8 Å². The molecule has 1 aliphatic carbocycles. The van der Waals surface area contributed by atoms with E-state index < -0.39 is 27.3 Å². The van der Waals surface area contributed by atoms with Crippen molar-refractivity contribution < 1.29 is 18.3 Å². The van der Waals surface area contributed by atoms with Crippen LogP contribution in [0.4, 0.5) is 0 Å². The van der Waals surface area contributed by atoms with Gasteiger partial charge in [-0.1, -0.05) is 63.8 Å². The molecule has 3 rings (SSSR count). The minimum Gasteiger partial charge on any atom is -0.497 e. The lowest BCUT2D eigenvalue weighted by Crippen LogP contribution is -2.43. The number of aliphatic hydroxyl groups is 1. The van der Waals surface area contributed by atoms with Gasteiger partial charge in [-0.25, -0.2) is 8.42 Å². The summed E-state index contributed by atoms with van der Waals surface area (Å²) in [6.07, 6.45) is 9.06. The van der Waals surface area contributed by atoms with Crippen molar-refractivity contribution >= 4 is 9.84 Å². The first-order valence-electron chi connectivity index (χ1n) is 12.3. The Bertz CT molecular complexity index is 954. The van der Waals surface area contributed by atoms with Crippen molar-refractivity contribution in [3.63, 3.8) is 0 Å². The molecule has 0 bridgehead atoms. The maximum Gasteiger partial charge on any atom is 0.178 e. The second-order valence-corrected chi connectivity index (χ2v) is 11.9. The standard InChI is InChI=1S/C27H41NO4S/c1-6-8-16-27(17-9-7-2)19-33(30,31)24-15-12-21(28(3)4)18-23(24)25(26(27)29)20-10-13-22(32-5)14-11-20/h10-11,13-15,18,21,25-26,29H,6-9,12,16-17,19H2,1-5H3/t21?,25-,26-/m1/s1. The van der Waals surface area contributed by atoms with E-state index in [2.05, 4.69) is 24.8 Å². The van der Waals surface area contributed by atoms with E-state index in [9.17, 15) is 13.5 Å². The lowest BCUT2D eigenvalue weighted by molar-refractivity contribution is 0.0126. The molecule has 0 spiro atoms. The third-order valence-corrected chi connectivity index (χ3v) is 9.51. The summed E-state index contributed by atoms with van der Waals surface area (Å²) in [5.41, 5.74) is 1.03. The van der Waals surface area contributed by atoms with Crippen molar-refractivity contribution in [3.05, 3.63) is 52.5 Å². The third kappa shape index (κ3) is 5.39. The van der Waals surface area contributed by atoms with Crippen LogP contribution in [0.1, 0.15) is 70.3 Å². The number of allylic oxidation sites excluding steroid dienone is 1. The molecule has 1 aromatic rings. The monoisotopic (exact) mass is 475 g/mol. The van der Waals surface area contributed by atoms with E-state index in [-0.39, 0.29) is 11.8 Å². The first-order chi connectivity index (χ1) is 15.7. The molecule has 0 amide bonds. The summed E-state index contributed by atoms with van der Waals surface area (Å²) in [6, 6.07) is 7.86. The van der Waals surface area contributed by atoms with Crippen LogP contribution < -0.4 is 4.74 Å². The predicted octanol–water partition coefficient (Wildman–Crippen LogP) is 5.08. The number of likely N-dealkylation sites (N-methyl/N-ethyl adjacent to an activating group) is 1. The van der Waals surface area contributed by atoms with Crippen LogP contribution in [-0.4, -0.2) is 57.5 Å². The first-order valence-corrected chi connectivity index (χ1v) is 14.0. The summed E-state index contributed by atoms with van der Waals surface area (Å²) in [5.74, 6) is 0.372. The van der Waals surface area contributed by atoms with Crippen LogP contribution in [0.25, 0.3) is 0 Å². The minimum absolute atomic E-state index is 0.0175. The van der Waals surface area contributed by atoms with Crippen molar-refractivity contribution in [2.45, 2.75) is 76.9 Å². The van der Waals surface area contributed by atoms with E-state index >= 15 is 0 Å². The molecule has 1 unspecified atom stereocenters. The van der Waals surface area contributed by atoms with Crippen molar-refractivity contribution in [2.24, 2.45) is 5.41 Å². The maximum absolute atomic E-state index is 13.8. The number of sulfone groups is 1. The molecule has 3 atom stereocenters. The van der Waals surface area contributed by atoms with Gasteiger partial charge in [0.2, 0.25) is 0 Å². The van der Waals surface area contributed by atoms with Crippen LogP contribution >= 0.6 is 0 Å². The second kappa shape index (κ2) is 10.7. The van der Waals surface area contributed by atoms with Crippen LogP contribution in [-0.2, 0) is 9.84 Å². The number of unbranched alkanes of at least 4 members (excludes halogenated alkanes) is 2. The highest BCUT2D eigenvalue weighted by Gasteiger charge is 2.51. The van der Waals surface area contributed by atoms with Crippen molar-refractivity contribution in [1.82, 2.24) is 4.90 Å². The van der Waals surface area contributed by atoms with E-state index in [1.807, 2.05) is 44.4 Å². The van der Waals surface area contributed by atoms with Crippen LogP contribution in [0.5, 0.6) is 5.75 Å². The molecular formula is C27H41NO4S. The summed E-state index contributed by atoms with van der Waals surface area (Å²) in [6.45, 7) is 4.25. The van der Waals surface area contributed by atoms with E-state index in [0.29, 0.717) is 24.2 Å². The lowest BCUT2D eigenvalue weighted by atomic mass is 9.67. The SMILES string of the molecule is CCCCC1(CCCC)CS(=O)(=O)C2=CCC(N(C)C)C=C2[C@@H](c2ccc(OC)cc2)[C@H]1O. The van der Waals surface area contributed by atoms with Crippen molar-refractivity contribution in [2.75, 3.05) is 27.0 Å². The quantitative estimate of drug-likeness (QED) is 0.540. The molecule has 2 aliphatic rings. The van der Waals surface area contributed by atoms with Gasteiger partial charge >= 0.3 is 0 Å². The Kier molecular flexibility index (Phi) is 8.46.